The van der Waals surface area contributed by atoms with Gasteiger partial charge in [0.1, 0.15) is 0 Å². The molecular formula is C5H11NaO3. The minimum Gasteiger partial charge on any atom is -1.00 e. The number of rotatable bonds is 2. The average Bonchev–Trinajstić information content (AvgIpc) is 1.67. The number of ketones is 1. The van der Waals surface area contributed by atoms with Gasteiger partial charge in [-0.15, -0.1) is 0 Å². The summed E-state index contributed by atoms with van der Waals surface area (Å²) >= 11 is 0. The minimum absolute atomic E-state index is 0. The number of Topliss-reactive ketones (excluding diaryl/α,β-unsaturated/α-hetero) is 1. The van der Waals surface area contributed by atoms with Crippen LogP contribution in [0.5, 0.6) is 0 Å². The molecule has 0 aromatic rings. The van der Waals surface area contributed by atoms with Crippen molar-refractivity contribution >= 4 is 5.78 Å². The smallest absolute Gasteiger partial charge is 1.00 e. The van der Waals surface area contributed by atoms with Crippen molar-refractivity contribution in [3.8, 4) is 0 Å². The molecule has 0 spiro atoms. The third kappa shape index (κ3) is 4.06. The first-order valence-corrected chi connectivity index (χ1v) is 2.29. The minimum atomic E-state index is -1.60. The first-order valence-electron chi connectivity index (χ1n) is 2.29. The number of aliphatic hydroxyl groups is 1. The summed E-state index contributed by atoms with van der Waals surface area (Å²) < 4.78 is 4.41. The molecule has 0 aliphatic rings. The Balaban J connectivity index is -0.000000245. The average molecular weight is 142 g/mol. The summed E-state index contributed by atoms with van der Waals surface area (Å²) in [5.41, 5.74) is 0. The molecule has 0 heterocycles. The van der Waals surface area contributed by atoms with E-state index in [0.717, 1.165) is 0 Å². The van der Waals surface area contributed by atoms with Crippen molar-refractivity contribution < 1.29 is 45.6 Å². The molecule has 3 nitrogen and oxygen atoms in total. The van der Waals surface area contributed by atoms with Gasteiger partial charge in [0, 0.05) is 14.0 Å². The molecule has 0 radical (unpaired) electrons. The second kappa shape index (κ2) is 4.41. The van der Waals surface area contributed by atoms with Crippen LogP contribution in [0.4, 0.5) is 0 Å². The van der Waals surface area contributed by atoms with Crippen LogP contribution in [-0.2, 0) is 9.53 Å². The first-order chi connectivity index (χ1) is 3.50. The number of hydrogen-bond acceptors (Lipinski definition) is 3. The van der Waals surface area contributed by atoms with E-state index in [4.69, 9.17) is 5.11 Å². The molecular weight excluding hydrogens is 131 g/mol. The standard InChI is InChI=1S/C5H10O3.Na.H/c1-4(6)5(2,7)8-3;;/h7H,1-3H3;;/q;+1;-1. The molecule has 0 aromatic carbocycles. The van der Waals surface area contributed by atoms with E-state index in [1.54, 1.807) is 0 Å². The van der Waals surface area contributed by atoms with E-state index in [2.05, 4.69) is 4.74 Å². The van der Waals surface area contributed by atoms with E-state index >= 15 is 0 Å². The Morgan fingerprint density at radius 2 is 2.11 bits per heavy atom. The molecule has 50 valence electrons. The van der Waals surface area contributed by atoms with Crippen molar-refractivity contribution in [3.05, 3.63) is 0 Å². The zero-order valence-corrected chi connectivity index (χ0v) is 8.26. The Morgan fingerprint density at radius 3 is 2.11 bits per heavy atom. The van der Waals surface area contributed by atoms with Gasteiger partial charge in [-0.2, -0.15) is 0 Å². The van der Waals surface area contributed by atoms with E-state index in [1.165, 1.54) is 21.0 Å². The molecule has 0 rings (SSSR count). The van der Waals surface area contributed by atoms with Crippen LogP contribution in [0.15, 0.2) is 0 Å². The van der Waals surface area contributed by atoms with Gasteiger partial charge in [-0.1, -0.05) is 0 Å². The molecule has 0 saturated carbocycles. The van der Waals surface area contributed by atoms with Crippen LogP contribution in [0.1, 0.15) is 15.3 Å². The van der Waals surface area contributed by atoms with Gasteiger partial charge in [0.05, 0.1) is 0 Å². The summed E-state index contributed by atoms with van der Waals surface area (Å²) in [7, 11) is 1.28. The maximum absolute atomic E-state index is 10.3. The van der Waals surface area contributed by atoms with Gasteiger partial charge in [-0.3, -0.25) is 4.79 Å². The van der Waals surface area contributed by atoms with Crippen LogP contribution in [0.3, 0.4) is 0 Å². The van der Waals surface area contributed by atoms with E-state index in [1.807, 2.05) is 0 Å². The molecule has 0 aliphatic carbocycles. The topological polar surface area (TPSA) is 46.5 Å². The number of ether oxygens (including phenoxy) is 1. The molecule has 1 atom stereocenters. The largest absolute Gasteiger partial charge is 1.00 e. The summed E-state index contributed by atoms with van der Waals surface area (Å²) in [6, 6.07) is 0. The Bertz CT molecular complexity index is 105. The van der Waals surface area contributed by atoms with Gasteiger partial charge in [0.25, 0.3) is 0 Å². The van der Waals surface area contributed by atoms with Crippen molar-refractivity contribution in [2.24, 2.45) is 0 Å². The molecule has 0 aliphatic heterocycles. The number of carbonyl (C=O) groups is 1. The van der Waals surface area contributed by atoms with Crippen molar-refractivity contribution in [2.45, 2.75) is 19.6 Å². The molecule has 0 saturated heterocycles. The fraction of sp³-hybridized carbons (Fsp3) is 0.800. The Hall–Kier alpha value is 0.590. The summed E-state index contributed by atoms with van der Waals surface area (Å²) in [5, 5.41) is 8.83. The van der Waals surface area contributed by atoms with Crippen molar-refractivity contribution in [1.29, 1.82) is 0 Å². The number of carbonyl (C=O) groups excluding carboxylic acids is 1. The second-order valence-corrected chi connectivity index (χ2v) is 1.74. The summed E-state index contributed by atoms with van der Waals surface area (Å²) in [6.45, 7) is 2.57. The number of methoxy groups -OCH3 is 1. The monoisotopic (exact) mass is 142 g/mol. The van der Waals surface area contributed by atoms with Gasteiger partial charge >= 0.3 is 29.6 Å². The van der Waals surface area contributed by atoms with Crippen molar-refractivity contribution in [2.75, 3.05) is 7.11 Å². The molecule has 0 fully saturated rings. The predicted octanol–water partition coefficient (Wildman–Crippen LogP) is -2.95. The van der Waals surface area contributed by atoms with E-state index in [0.29, 0.717) is 0 Å². The van der Waals surface area contributed by atoms with E-state index in [-0.39, 0.29) is 36.8 Å². The normalized spacial score (nSPS) is 15.6. The fourth-order valence-electron chi connectivity index (χ4n) is 0.144. The van der Waals surface area contributed by atoms with Crippen LogP contribution in [0.25, 0.3) is 0 Å². The maximum Gasteiger partial charge on any atom is 1.00 e. The zero-order chi connectivity index (χ0) is 6.78. The molecule has 9 heavy (non-hydrogen) atoms. The summed E-state index contributed by atoms with van der Waals surface area (Å²) in [6.07, 6.45) is 0. The van der Waals surface area contributed by atoms with E-state index < -0.39 is 5.79 Å². The Labute approximate surface area is 78.2 Å². The van der Waals surface area contributed by atoms with E-state index in [9.17, 15) is 4.79 Å². The predicted molar refractivity (Wildman–Crippen MR) is 29.4 cm³/mol. The molecule has 1 unspecified atom stereocenters. The third-order valence-electron chi connectivity index (χ3n) is 1.05. The SMILES string of the molecule is COC(C)(O)C(C)=O.[H-].[Na+]. The van der Waals surface area contributed by atoms with Gasteiger partial charge in [0.15, 0.2) is 5.78 Å². The summed E-state index contributed by atoms with van der Waals surface area (Å²) in [4.78, 5) is 10.3. The van der Waals surface area contributed by atoms with Gasteiger partial charge < -0.3 is 11.3 Å². The number of hydrogen-bond donors (Lipinski definition) is 1. The first kappa shape index (κ1) is 12.3. The fourth-order valence-corrected chi connectivity index (χ4v) is 0.144. The van der Waals surface area contributed by atoms with Crippen LogP contribution in [-0.4, -0.2) is 23.8 Å². The molecule has 0 bridgehead atoms. The Morgan fingerprint density at radius 1 is 1.78 bits per heavy atom. The summed E-state index contributed by atoms with van der Waals surface area (Å²) in [5.74, 6) is -1.99. The quantitative estimate of drug-likeness (QED) is 0.331. The maximum atomic E-state index is 10.3. The van der Waals surface area contributed by atoms with Crippen LogP contribution >= 0.6 is 0 Å². The van der Waals surface area contributed by atoms with Gasteiger partial charge in [-0.25, -0.2) is 0 Å². The molecule has 0 amide bonds. The molecule has 1 N–H and O–H groups in total. The van der Waals surface area contributed by atoms with Crippen molar-refractivity contribution in [3.63, 3.8) is 0 Å². The van der Waals surface area contributed by atoms with Crippen LogP contribution in [0, 0.1) is 0 Å². The Kier molecular flexibility index (Phi) is 6.02. The van der Waals surface area contributed by atoms with Crippen molar-refractivity contribution in [1.82, 2.24) is 0 Å². The van der Waals surface area contributed by atoms with Gasteiger partial charge in [-0.05, 0) is 6.92 Å². The zero-order valence-electron chi connectivity index (χ0n) is 7.26. The van der Waals surface area contributed by atoms with Gasteiger partial charge in [0.2, 0.25) is 5.79 Å². The molecule has 4 heteroatoms. The molecule has 0 aromatic heterocycles. The second-order valence-electron chi connectivity index (χ2n) is 1.74. The third-order valence-corrected chi connectivity index (χ3v) is 1.05. The van der Waals surface area contributed by atoms with Crippen LogP contribution in [0.2, 0.25) is 0 Å². The van der Waals surface area contributed by atoms with Crippen LogP contribution < -0.4 is 29.6 Å².